The first-order chi connectivity index (χ1) is 13.6. The van der Waals surface area contributed by atoms with Crippen LogP contribution in [0, 0.1) is 5.92 Å². The number of hydrazone groups is 1. The SMILES string of the molecule is CC1CC(N/N=C/c2ccccc2)=NN=C1c1ccc2c(c1)CCC(=O)N2C.Cl. The van der Waals surface area contributed by atoms with E-state index in [9.17, 15) is 4.79 Å². The fraction of sp³-hybridized carbons (Fsp3) is 0.273. The Morgan fingerprint density at radius 1 is 1.14 bits per heavy atom. The van der Waals surface area contributed by atoms with Gasteiger partial charge in [0.1, 0.15) is 5.84 Å². The molecule has 0 spiro atoms. The van der Waals surface area contributed by atoms with Crippen LogP contribution < -0.4 is 10.3 Å². The Hall–Kier alpha value is -2.99. The van der Waals surface area contributed by atoms with Gasteiger partial charge in [0.2, 0.25) is 5.91 Å². The maximum Gasteiger partial charge on any atom is 0.227 e. The van der Waals surface area contributed by atoms with Crippen molar-refractivity contribution in [3.8, 4) is 0 Å². The number of rotatable bonds is 3. The van der Waals surface area contributed by atoms with Crippen LogP contribution in [-0.2, 0) is 11.2 Å². The lowest BCUT2D eigenvalue weighted by Gasteiger charge is -2.27. The van der Waals surface area contributed by atoms with Crippen molar-refractivity contribution in [1.29, 1.82) is 0 Å². The molecule has 0 aliphatic carbocycles. The molecule has 0 aromatic heterocycles. The number of anilines is 1. The van der Waals surface area contributed by atoms with E-state index in [0.29, 0.717) is 6.42 Å². The van der Waals surface area contributed by atoms with Crippen molar-refractivity contribution in [3.63, 3.8) is 0 Å². The van der Waals surface area contributed by atoms with Crippen molar-refractivity contribution in [2.75, 3.05) is 11.9 Å². The number of aryl methyl sites for hydroxylation is 1. The highest BCUT2D eigenvalue weighted by atomic mass is 35.5. The number of carbonyl (C=O) groups excluding carboxylic acids is 1. The van der Waals surface area contributed by atoms with Crippen LogP contribution in [-0.4, -0.2) is 30.7 Å². The van der Waals surface area contributed by atoms with Crippen molar-refractivity contribution in [2.24, 2.45) is 21.2 Å². The molecule has 2 aromatic carbocycles. The van der Waals surface area contributed by atoms with E-state index in [2.05, 4.69) is 33.7 Å². The van der Waals surface area contributed by atoms with Crippen molar-refractivity contribution >= 4 is 41.8 Å². The molecule has 0 bridgehead atoms. The number of hydrogen-bond donors (Lipinski definition) is 1. The van der Waals surface area contributed by atoms with Gasteiger partial charge < -0.3 is 4.90 Å². The molecule has 1 atom stereocenters. The minimum Gasteiger partial charge on any atom is -0.315 e. The van der Waals surface area contributed by atoms with Gasteiger partial charge in [-0.3, -0.25) is 10.2 Å². The fourth-order valence-corrected chi connectivity index (χ4v) is 3.59. The molecule has 2 aromatic rings. The molecule has 150 valence electrons. The average Bonchev–Trinajstić information content (AvgIpc) is 2.71. The van der Waals surface area contributed by atoms with Gasteiger partial charge in [-0.15, -0.1) is 17.5 Å². The summed E-state index contributed by atoms with van der Waals surface area (Å²) in [7, 11) is 1.83. The summed E-state index contributed by atoms with van der Waals surface area (Å²) >= 11 is 0. The molecule has 4 rings (SSSR count). The molecular formula is C22H24ClN5O. The average molecular weight is 410 g/mol. The number of benzene rings is 2. The Balaban J connectivity index is 0.00000240. The maximum absolute atomic E-state index is 11.9. The second-order valence-corrected chi connectivity index (χ2v) is 7.21. The van der Waals surface area contributed by atoms with Gasteiger partial charge in [0.25, 0.3) is 0 Å². The number of halogens is 1. The summed E-state index contributed by atoms with van der Waals surface area (Å²) in [5.41, 5.74) is 8.26. The summed E-state index contributed by atoms with van der Waals surface area (Å²) in [4.78, 5) is 13.6. The number of carbonyl (C=O) groups is 1. The quantitative estimate of drug-likeness (QED) is 0.619. The lowest BCUT2D eigenvalue weighted by atomic mass is 9.91. The smallest absolute Gasteiger partial charge is 0.227 e. The number of nitrogens with zero attached hydrogens (tertiary/aromatic N) is 4. The third-order valence-electron chi connectivity index (χ3n) is 5.17. The second kappa shape index (κ2) is 9.01. The van der Waals surface area contributed by atoms with E-state index in [1.807, 2.05) is 49.5 Å². The van der Waals surface area contributed by atoms with Gasteiger partial charge in [0.15, 0.2) is 0 Å². The van der Waals surface area contributed by atoms with Gasteiger partial charge in [0, 0.05) is 31.5 Å². The Labute approximate surface area is 176 Å². The van der Waals surface area contributed by atoms with E-state index < -0.39 is 0 Å². The monoisotopic (exact) mass is 409 g/mol. The Bertz CT molecular complexity index is 984. The summed E-state index contributed by atoms with van der Waals surface area (Å²) < 4.78 is 0. The van der Waals surface area contributed by atoms with Crippen LogP contribution in [0.5, 0.6) is 0 Å². The predicted octanol–water partition coefficient (Wildman–Crippen LogP) is 3.78. The number of hydrogen-bond acceptors (Lipinski definition) is 5. The van der Waals surface area contributed by atoms with E-state index in [1.54, 1.807) is 11.1 Å². The standard InChI is InChI=1S/C22H23N5O.ClH/c1-15-12-20(24-23-14-16-6-4-3-5-7-16)25-26-22(15)18-8-10-19-17(13-18)9-11-21(28)27(19)2;/h3-8,10,13-15H,9,11-12H2,1-2H3,(H,24,25);1H/b23-14+;. The zero-order chi connectivity index (χ0) is 19.5. The van der Waals surface area contributed by atoms with Gasteiger partial charge in [-0.25, -0.2) is 0 Å². The van der Waals surface area contributed by atoms with Gasteiger partial charge in [0.05, 0.1) is 11.9 Å². The third-order valence-corrected chi connectivity index (χ3v) is 5.17. The molecule has 0 saturated heterocycles. The summed E-state index contributed by atoms with van der Waals surface area (Å²) in [6.45, 7) is 2.14. The topological polar surface area (TPSA) is 69.4 Å². The first-order valence-electron chi connectivity index (χ1n) is 9.50. The highest BCUT2D eigenvalue weighted by Gasteiger charge is 2.24. The largest absolute Gasteiger partial charge is 0.315 e. The van der Waals surface area contributed by atoms with E-state index in [1.165, 1.54) is 5.56 Å². The zero-order valence-corrected chi connectivity index (χ0v) is 17.3. The first-order valence-corrected chi connectivity index (χ1v) is 9.50. The Morgan fingerprint density at radius 3 is 2.69 bits per heavy atom. The van der Waals surface area contributed by atoms with Crippen molar-refractivity contribution in [1.82, 2.24) is 5.43 Å². The maximum atomic E-state index is 11.9. The fourth-order valence-electron chi connectivity index (χ4n) is 3.59. The van der Waals surface area contributed by atoms with Gasteiger partial charge in [-0.05, 0) is 35.2 Å². The zero-order valence-electron chi connectivity index (χ0n) is 16.5. The van der Waals surface area contributed by atoms with Crippen LogP contribution in [0.1, 0.15) is 36.5 Å². The molecule has 2 aliphatic rings. The van der Waals surface area contributed by atoms with Crippen LogP contribution in [0.4, 0.5) is 5.69 Å². The predicted molar refractivity (Wildman–Crippen MR) is 120 cm³/mol. The van der Waals surface area contributed by atoms with E-state index in [0.717, 1.165) is 41.2 Å². The van der Waals surface area contributed by atoms with Crippen molar-refractivity contribution in [2.45, 2.75) is 26.2 Å². The summed E-state index contributed by atoms with van der Waals surface area (Å²) in [6, 6.07) is 16.1. The molecule has 1 N–H and O–H groups in total. The number of amides is 1. The highest BCUT2D eigenvalue weighted by molar-refractivity contribution is 6.07. The third kappa shape index (κ3) is 4.54. The van der Waals surface area contributed by atoms with Gasteiger partial charge >= 0.3 is 0 Å². The minimum atomic E-state index is 0. The lowest BCUT2D eigenvalue weighted by Crippen LogP contribution is -2.31. The molecule has 7 heteroatoms. The number of amidine groups is 1. The van der Waals surface area contributed by atoms with Gasteiger partial charge in [-0.1, -0.05) is 43.3 Å². The molecule has 2 heterocycles. The molecule has 2 aliphatic heterocycles. The second-order valence-electron chi connectivity index (χ2n) is 7.21. The first kappa shape index (κ1) is 20.7. The normalized spacial score (nSPS) is 18.6. The van der Waals surface area contributed by atoms with Crippen molar-refractivity contribution in [3.05, 3.63) is 65.2 Å². The molecule has 1 unspecified atom stereocenters. The summed E-state index contributed by atoms with van der Waals surface area (Å²) in [5.74, 6) is 1.15. The molecule has 0 saturated carbocycles. The Morgan fingerprint density at radius 2 is 1.93 bits per heavy atom. The number of fused-ring (bicyclic) bond motifs is 1. The minimum absolute atomic E-state index is 0. The highest BCUT2D eigenvalue weighted by Crippen LogP contribution is 2.29. The molecule has 29 heavy (non-hydrogen) atoms. The number of nitrogens with one attached hydrogen (secondary N) is 1. The molecular weight excluding hydrogens is 386 g/mol. The van der Waals surface area contributed by atoms with E-state index >= 15 is 0 Å². The van der Waals surface area contributed by atoms with Crippen LogP contribution in [0.15, 0.2) is 63.8 Å². The van der Waals surface area contributed by atoms with Crippen LogP contribution in [0.3, 0.4) is 0 Å². The van der Waals surface area contributed by atoms with Crippen LogP contribution in [0.2, 0.25) is 0 Å². The van der Waals surface area contributed by atoms with Crippen LogP contribution >= 0.6 is 12.4 Å². The van der Waals surface area contributed by atoms with E-state index in [4.69, 9.17) is 0 Å². The van der Waals surface area contributed by atoms with E-state index in [-0.39, 0.29) is 24.2 Å². The molecule has 6 nitrogen and oxygen atoms in total. The van der Waals surface area contributed by atoms with Crippen molar-refractivity contribution < 1.29 is 4.79 Å². The Kier molecular flexibility index (Phi) is 6.44. The molecule has 0 fully saturated rings. The molecule has 1 amide bonds. The van der Waals surface area contributed by atoms with Gasteiger partial charge in [-0.2, -0.15) is 10.2 Å². The summed E-state index contributed by atoms with van der Waals surface area (Å²) in [6.07, 6.45) is 3.85. The summed E-state index contributed by atoms with van der Waals surface area (Å²) in [5, 5.41) is 13.0. The molecule has 0 radical (unpaired) electrons. The van der Waals surface area contributed by atoms with Crippen LogP contribution in [0.25, 0.3) is 0 Å². The lowest BCUT2D eigenvalue weighted by molar-refractivity contribution is -0.118.